The van der Waals surface area contributed by atoms with Gasteiger partial charge in [-0.1, -0.05) is 31.2 Å². The fourth-order valence-corrected chi connectivity index (χ4v) is 1.52. The van der Waals surface area contributed by atoms with Gasteiger partial charge in [0.25, 0.3) is 0 Å². The van der Waals surface area contributed by atoms with Crippen molar-refractivity contribution in [2.75, 3.05) is 0 Å². The van der Waals surface area contributed by atoms with E-state index in [1.165, 1.54) is 11.1 Å². The molecule has 0 saturated carbocycles. The molecule has 0 heterocycles. The van der Waals surface area contributed by atoms with E-state index < -0.39 is 0 Å². The molecule has 0 N–H and O–H groups in total. The zero-order valence-electron chi connectivity index (χ0n) is 8.39. The van der Waals surface area contributed by atoms with Crippen LogP contribution in [-0.2, 0) is 6.42 Å². The Balaban J connectivity index is 2.50. The maximum absolute atomic E-state index is 6.07. The van der Waals surface area contributed by atoms with Crippen molar-refractivity contribution in [3.05, 3.63) is 35.4 Å². The van der Waals surface area contributed by atoms with Gasteiger partial charge < -0.3 is 0 Å². The fourth-order valence-electron chi connectivity index (χ4n) is 1.41. The Kier molecular flexibility index (Phi) is 4.31. The Morgan fingerprint density at radius 3 is 2.62 bits per heavy atom. The van der Waals surface area contributed by atoms with Crippen LogP contribution in [0.1, 0.15) is 30.9 Å². The Morgan fingerprint density at radius 1 is 1.31 bits per heavy atom. The monoisotopic (exact) mass is 196 g/mol. The van der Waals surface area contributed by atoms with Gasteiger partial charge in [-0.2, -0.15) is 0 Å². The van der Waals surface area contributed by atoms with Gasteiger partial charge in [0.05, 0.1) is 0 Å². The lowest BCUT2D eigenvalue weighted by molar-refractivity contribution is 0.725. The maximum Gasteiger partial charge on any atom is 0.0336 e. The van der Waals surface area contributed by atoms with E-state index in [2.05, 4.69) is 38.1 Å². The predicted octanol–water partition coefficient (Wildman–Crippen LogP) is 3.95. The third-order valence-corrected chi connectivity index (χ3v) is 2.96. The van der Waals surface area contributed by atoms with Crippen molar-refractivity contribution in [1.29, 1.82) is 0 Å². The van der Waals surface area contributed by atoms with E-state index in [9.17, 15) is 0 Å². The molecule has 0 spiro atoms. The lowest BCUT2D eigenvalue weighted by Crippen LogP contribution is -1.99. The summed E-state index contributed by atoms with van der Waals surface area (Å²) in [6.45, 7) is 4.29. The molecular weight excluding hydrogens is 180 g/mol. The van der Waals surface area contributed by atoms with Gasteiger partial charge in [-0.15, -0.1) is 11.6 Å². The quantitative estimate of drug-likeness (QED) is 0.640. The molecule has 1 heteroatoms. The Labute approximate surface area is 85.9 Å². The van der Waals surface area contributed by atoms with E-state index in [1.807, 2.05) is 0 Å². The minimum atomic E-state index is 0.333. The average Bonchev–Trinajstić information content (AvgIpc) is 2.16. The van der Waals surface area contributed by atoms with Crippen LogP contribution in [0.2, 0.25) is 0 Å². The molecule has 0 nitrogen and oxygen atoms in total. The van der Waals surface area contributed by atoms with E-state index in [-0.39, 0.29) is 0 Å². The number of aryl methyl sites for hydroxylation is 2. The first-order chi connectivity index (χ1) is 6.24. The van der Waals surface area contributed by atoms with Gasteiger partial charge in [0.2, 0.25) is 0 Å². The van der Waals surface area contributed by atoms with Crippen LogP contribution in [0.4, 0.5) is 0 Å². The minimum Gasteiger partial charge on any atom is -0.123 e. The third kappa shape index (κ3) is 3.40. The molecule has 1 aromatic carbocycles. The Hall–Kier alpha value is -0.490. The van der Waals surface area contributed by atoms with E-state index in [0.29, 0.717) is 5.38 Å². The molecule has 0 aliphatic carbocycles. The van der Waals surface area contributed by atoms with E-state index >= 15 is 0 Å². The zero-order valence-corrected chi connectivity index (χ0v) is 9.14. The first-order valence-electron chi connectivity index (χ1n) is 4.92. The smallest absolute Gasteiger partial charge is 0.0336 e. The topological polar surface area (TPSA) is 0 Å². The van der Waals surface area contributed by atoms with Gasteiger partial charge in [0, 0.05) is 5.38 Å². The van der Waals surface area contributed by atoms with Crippen molar-refractivity contribution in [2.45, 2.75) is 38.5 Å². The Bertz CT molecular complexity index is 255. The summed E-state index contributed by atoms with van der Waals surface area (Å²) < 4.78 is 0. The number of hydrogen-bond acceptors (Lipinski definition) is 0. The summed E-state index contributed by atoms with van der Waals surface area (Å²) in [5, 5.41) is 0.333. The zero-order chi connectivity index (χ0) is 9.68. The highest BCUT2D eigenvalue weighted by molar-refractivity contribution is 6.20. The molecule has 1 rings (SSSR count). The minimum absolute atomic E-state index is 0.333. The van der Waals surface area contributed by atoms with Crippen LogP contribution in [0.3, 0.4) is 0 Å². The first kappa shape index (κ1) is 10.6. The second-order valence-electron chi connectivity index (χ2n) is 3.47. The molecule has 1 atom stereocenters. The van der Waals surface area contributed by atoms with Crippen LogP contribution in [0, 0.1) is 6.92 Å². The average molecular weight is 197 g/mol. The number of halogens is 1. The van der Waals surface area contributed by atoms with Gasteiger partial charge in [0.15, 0.2) is 0 Å². The molecule has 0 radical (unpaired) electrons. The van der Waals surface area contributed by atoms with Crippen molar-refractivity contribution >= 4 is 11.6 Å². The lowest BCUT2D eigenvalue weighted by atomic mass is 10.0. The number of benzene rings is 1. The van der Waals surface area contributed by atoms with Crippen LogP contribution in [-0.4, -0.2) is 5.38 Å². The van der Waals surface area contributed by atoms with Crippen molar-refractivity contribution in [3.8, 4) is 0 Å². The van der Waals surface area contributed by atoms with Crippen LogP contribution >= 0.6 is 11.6 Å². The number of rotatable bonds is 4. The van der Waals surface area contributed by atoms with Crippen molar-refractivity contribution < 1.29 is 0 Å². The molecular formula is C12H17Cl. The SMILES string of the molecule is CCC(Cl)CCc1ccccc1C. The molecule has 1 aromatic rings. The lowest BCUT2D eigenvalue weighted by Gasteiger charge is -2.08. The summed E-state index contributed by atoms with van der Waals surface area (Å²) in [6, 6.07) is 8.52. The van der Waals surface area contributed by atoms with Crippen LogP contribution in [0.25, 0.3) is 0 Å². The summed E-state index contributed by atoms with van der Waals surface area (Å²) in [7, 11) is 0. The second-order valence-corrected chi connectivity index (χ2v) is 4.09. The van der Waals surface area contributed by atoms with Crippen LogP contribution in [0.5, 0.6) is 0 Å². The largest absolute Gasteiger partial charge is 0.123 e. The molecule has 1 unspecified atom stereocenters. The molecule has 0 fully saturated rings. The van der Waals surface area contributed by atoms with Gasteiger partial charge in [-0.3, -0.25) is 0 Å². The third-order valence-electron chi connectivity index (χ3n) is 2.43. The highest BCUT2D eigenvalue weighted by Crippen LogP contribution is 2.14. The molecule has 13 heavy (non-hydrogen) atoms. The molecule has 0 bridgehead atoms. The first-order valence-corrected chi connectivity index (χ1v) is 5.36. The molecule has 0 aliphatic rings. The van der Waals surface area contributed by atoms with Crippen molar-refractivity contribution in [2.24, 2.45) is 0 Å². The van der Waals surface area contributed by atoms with E-state index in [1.54, 1.807) is 0 Å². The summed E-state index contributed by atoms with van der Waals surface area (Å²) in [4.78, 5) is 0. The van der Waals surface area contributed by atoms with E-state index in [0.717, 1.165) is 19.3 Å². The Morgan fingerprint density at radius 2 is 2.00 bits per heavy atom. The highest BCUT2D eigenvalue weighted by Gasteiger charge is 2.02. The molecule has 0 aromatic heterocycles. The fraction of sp³-hybridized carbons (Fsp3) is 0.500. The van der Waals surface area contributed by atoms with Gasteiger partial charge >= 0.3 is 0 Å². The second kappa shape index (κ2) is 5.29. The van der Waals surface area contributed by atoms with Gasteiger partial charge in [-0.05, 0) is 37.3 Å². The molecule has 0 saturated heterocycles. The number of hydrogen-bond donors (Lipinski definition) is 0. The van der Waals surface area contributed by atoms with Gasteiger partial charge in [-0.25, -0.2) is 0 Å². The standard InChI is InChI=1S/C12H17Cl/c1-3-12(13)9-8-11-7-5-4-6-10(11)2/h4-7,12H,3,8-9H2,1-2H3. The summed E-state index contributed by atoms with van der Waals surface area (Å²) in [5.41, 5.74) is 2.81. The van der Waals surface area contributed by atoms with Gasteiger partial charge in [0.1, 0.15) is 0 Å². The highest BCUT2D eigenvalue weighted by atomic mass is 35.5. The summed E-state index contributed by atoms with van der Waals surface area (Å²) in [6.07, 6.45) is 3.25. The van der Waals surface area contributed by atoms with Crippen LogP contribution in [0.15, 0.2) is 24.3 Å². The van der Waals surface area contributed by atoms with E-state index in [4.69, 9.17) is 11.6 Å². The number of alkyl halides is 1. The van der Waals surface area contributed by atoms with Crippen molar-refractivity contribution in [3.63, 3.8) is 0 Å². The maximum atomic E-state index is 6.07. The molecule has 0 aliphatic heterocycles. The summed E-state index contributed by atoms with van der Waals surface area (Å²) >= 11 is 6.07. The molecule has 72 valence electrons. The van der Waals surface area contributed by atoms with Crippen molar-refractivity contribution in [1.82, 2.24) is 0 Å². The van der Waals surface area contributed by atoms with Crippen LogP contribution < -0.4 is 0 Å². The summed E-state index contributed by atoms with van der Waals surface area (Å²) in [5.74, 6) is 0. The normalized spacial score (nSPS) is 12.8. The molecule has 0 amide bonds. The predicted molar refractivity (Wildman–Crippen MR) is 59.4 cm³/mol.